The summed E-state index contributed by atoms with van der Waals surface area (Å²) in [6.45, 7) is 2.04. The number of oxazole rings is 1. The van der Waals surface area contributed by atoms with E-state index < -0.39 is 5.76 Å². The Balaban J connectivity index is 1.48. The molecule has 9 heteroatoms. The van der Waals surface area contributed by atoms with Crippen molar-refractivity contribution < 1.29 is 18.4 Å². The van der Waals surface area contributed by atoms with Crippen molar-refractivity contribution in [2.75, 3.05) is 7.11 Å². The summed E-state index contributed by atoms with van der Waals surface area (Å²) in [7, 11) is 1.61. The normalized spacial score (nSPS) is 10.9. The molecule has 0 spiro atoms. The fraction of sp³-hybridized carbons (Fsp3) is 0.150. The van der Waals surface area contributed by atoms with E-state index in [1.807, 2.05) is 31.2 Å². The lowest BCUT2D eigenvalue weighted by Crippen LogP contribution is -1.98. The van der Waals surface area contributed by atoms with Gasteiger partial charge in [-0.05, 0) is 49.4 Å². The summed E-state index contributed by atoms with van der Waals surface area (Å²) in [5.41, 5.74) is 2.05. The molecule has 0 bridgehead atoms. The summed E-state index contributed by atoms with van der Waals surface area (Å²) in [4.78, 5) is 18.1. The zero-order valence-corrected chi connectivity index (χ0v) is 16.3. The Morgan fingerprint density at radius 1 is 1.14 bits per heavy atom. The van der Waals surface area contributed by atoms with Crippen molar-refractivity contribution >= 4 is 11.6 Å². The maximum atomic E-state index is 11.1. The van der Waals surface area contributed by atoms with Crippen LogP contribution in [0.1, 0.15) is 11.5 Å². The maximum absolute atomic E-state index is 11.1. The number of benzene rings is 2. The van der Waals surface area contributed by atoms with Gasteiger partial charge in [0.2, 0.25) is 5.89 Å². The number of halogens is 1. The molecule has 0 aliphatic heterocycles. The topological polar surface area (TPSA) is 103 Å². The summed E-state index contributed by atoms with van der Waals surface area (Å²) < 4.78 is 21.2. The van der Waals surface area contributed by atoms with Gasteiger partial charge in [-0.2, -0.15) is 0 Å². The molecule has 2 aromatic carbocycles. The number of rotatable bonds is 6. The van der Waals surface area contributed by atoms with Crippen molar-refractivity contribution in [2.45, 2.75) is 13.5 Å². The minimum Gasteiger partial charge on any atom is -0.497 e. The molecular weight excluding hydrogens is 398 g/mol. The van der Waals surface area contributed by atoms with Crippen LogP contribution in [0.2, 0.25) is 5.02 Å². The van der Waals surface area contributed by atoms with E-state index in [0.29, 0.717) is 33.7 Å². The zero-order valence-electron chi connectivity index (χ0n) is 15.6. The third-order valence-corrected chi connectivity index (χ3v) is 4.55. The van der Waals surface area contributed by atoms with Crippen LogP contribution in [0.5, 0.6) is 11.5 Å². The van der Waals surface area contributed by atoms with Crippen LogP contribution in [-0.2, 0) is 6.61 Å². The third-order valence-electron chi connectivity index (χ3n) is 4.24. The fourth-order valence-electron chi connectivity index (χ4n) is 2.69. The van der Waals surface area contributed by atoms with Gasteiger partial charge >= 0.3 is 5.76 Å². The standard InChI is InChI=1S/C20H16ClN3O5/c1-11-17(22-19(28-11)12-3-5-13(26-2)6-4-12)10-27-14-7-8-15(16(21)9-14)18-23-20(25)29-24-18/h3-9H,10H2,1-2H3,(H,23,24,25). The van der Waals surface area contributed by atoms with Gasteiger partial charge in [-0.1, -0.05) is 16.8 Å². The Kier molecular flexibility index (Phi) is 5.09. The average Bonchev–Trinajstić information content (AvgIpc) is 3.32. The van der Waals surface area contributed by atoms with Crippen molar-refractivity contribution in [3.63, 3.8) is 0 Å². The van der Waals surface area contributed by atoms with Crippen LogP contribution in [0.15, 0.2) is 56.2 Å². The molecule has 0 aliphatic rings. The molecule has 0 aliphatic carbocycles. The molecule has 8 nitrogen and oxygen atoms in total. The van der Waals surface area contributed by atoms with Gasteiger partial charge in [-0.15, -0.1) is 0 Å². The molecule has 4 rings (SSSR count). The molecular formula is C20H16ClN3O5. The molecule has 0 radical (unpaired) electrons. The van der Waals surface area contributed by atoms with Crippen molar-refractivity contribution in [2.24, 2.45) is 0 Å². The van der Waals surface area contributed by atoms with E-state index in [4.69, 9.17) is 25.5 Å². The lowest BCUT2D eigenvalue weighted by molar-refractivity contribution is 0.299. The molecule has 0 unspecified atom stereocenters. The molecule has 0 amide bonds. The van der Waals surface area contributed by atoms with E-state index in [9.17, 15) is 4.79 Å². The maximum Gasteiger partial charge on any atom is 0.439 e. The molecule has 29 heavy (non-hydrogen) atoms. The van der Waals surface area contributed by atoms with Crippen LogP contribution < -0.4 is 15.2 Å². The Morgan fingerprint density at radius 2 is 1.90 bits per heavy atom. The van der Waals surface area contributed by atoms with Gasteiger partial charge in [0.05, 0.1) is 12.1 Å². The average molecular weight is 414 g/mol. The molecule has 0 saturated heterocycles. The first kappa shape index (κ1) is 18.8. The molecule has 2 heterocycles. The van der Waals surface area contributed by atoms with E-state index >= 15 is 0 Å². The van der Waals surface area contributed by atoms with E-state index in [1.165, 1.54) is 0 Å². The Labute approximate surface area is 170 Å². The minimum absolute atomic E-state index is 0.210. The van der Waals surface area contributed by atoms with Crippen LogP contribution >= 0.6 is 11.6 Å². The van der Waals surface area contributed by atoms with Gasteiger partial charge in [-0.25, -0.2) is 9.78 Å². The molecule has 0 fully saturated rings. The highest BCUT2D eigenvalue weighted by molar-refractivity contribution is 6.33. The van der Waals surface area contributed by atoms with Crippen molar-refractivity contribution in [3.8, 4) is 34.3 Å². The van der Waals surface area contributed by atoms with Crippen LogP contribution in [0, 0.1) is 6.92 Å². The summed E-state index contributed by atoms with van der Waals surface area (Å²) >= 11 is 6.27. The number of hydrogen-bond acceptors (Lipinski definition) is 7. The number of aryl methyl sites for hydroxylation is 1. The molecule has 2 aromatic heterocycles. The van der Waals surface area contributed by atoms with Crippen LogP contribution in [-0.4, -0.2) is 22.2 Å². The van der Waals surface area contributed by atoms with Crippen LogP contribution in [0.4, 0.5) is 0 Å². The van der Waals surface area contributed by atoms with Gasteiger partial charge in [0.1, 0.15) is 29.6 Å². The first-order valence-corrected chi connectivity index (χ1v) is 9.00. The van der Waals surface area contributed by atoms with E-state index in [1.54, 1.807) is 25.3 Å². The number of nitrogens with one attached hydrogen (secondary N) is 1. The number of methoxy groups -OCH3 is 1. The summed E-state index contributed by atoms with van der Waals surface area (Å²) in [5.74, 6) is 2.08. The summed E-state index contributed by atoms with van der Waals surface area (Å²) in [5, 5.41) is 3.99. The van der Waals surface area contributed by atoms with E-state index in [0.717, 1.165) is 11.3 Å². The van der Waals surface area contributed by atoms with Gasteiger partial charge in [-0.3, -0.25) is 9.51 Å². The lowest BCUT2D eigenvalue weighted by Gasteiger charge is -2.06. The fourth-order valence-corrected chi connectivity index (χ4v) is 2.95. The number of nitrogens with zero attached hydrogens (tertiary/aromatic N) is 2. The number of ether oxygens (including phenoxy) is 2. The summed E-state index contributed by atoms with van der Waals surface area (Å²) in [6.07, 6.45) is 0. The van der Waals surface area contributed by atoms with Crippen LogP contribution in [0.25, 0.3) is 22.8 Å². The number of aromatic nitrogens is 3. The monoisotopic (exact) mass is 413 g/mol. The smallest absolute Gasteiger partial charge is 0.439 e. The lowest BCUT2D eigenvalue weighted by atomic mass is 10.2. The Hall–Kier alpha value is -3.52. The van der Waals surface area contributed by atoms with Gasteiger partial charge < -0.3 is 13.9 Å². The summed E-state index contributed by atoms with van der Waals surface area (Å²) in [6, 6.07) is 12.5. The number of aromatic amines is 1. The predicted molar refractivity (Wildman–Crippen MR) is 105 cm³/mol. The molecule has 1 N–H and O–H groups in total. The second-order valence-corrected chi connectivity index (χ2v) is 6.53. The second-order valence-electron chi connectivity index (χ2n) is 6.12. The molecule has 0 saturated carbocycles. The highest BCUT2D eigenvalue weighted by Gasteiger charge is 2.14. The zero-order chi connectivity index (χ0) is 20.4. The first-order chi connectivity index (χ1) is 14.0. The van der Waals surface area contributed by atoms with Gasteiger partial charge in [0, 0.05) is 11.1 Å². The number of hydrogen-bond donors (Lipinski definition) is 1. The minimum atomic E-state index is -0.648. The molecule has 4 aromatic rings. The first-order valence-electron chi connectivity index (χ1n) is 8.63. The van der Waals surface area contributed by atoms with Crippen molar-refractivity contribution in [1.82, 2.24) is 15.1 Å². The molecule has 0 atom stereocenters. The SMILES string of the molecule is COc1ccc(-c2nc(COc3ccc(-c4noc(=O)[nH]4)c(Cl)c3)c(C)o2)cc1. The van der Waals surface area contributed by atoms with E-state index in [2.05, 4.69) is 19.6 Å². The second kappa shape index (κ2) is 7.84. The van der Waals surface area contributed by atoms with Crippen molar-refractivity contribution in [3.05, 3.63) is 69.5 Å². The third kappa shape index (κ3) is 4.02. The van der Waals surface area contributed by atoms with Crippen molar-refractivity contribution in [1.29, 1.82) is 0 Å². The highest BCUT2D eigenvalue weighted by Crippen LogP contribution is 2.30. The van der Waals surface area contributed by atoms with E-state index in [-0.39, 0.29) is 12.4 Å². The molecule has 148 valence electrons. The Morgan fingerprint density at radius 3 is 2.55 bits per heavy atom. The highest BCUT2D eigenvalue weighted by atomic mass is 35.5. The Bertz CT molecular complexity index is 1190. The predicted octanol–water partition coefficient (Wildman–Crippen LogP) is 4.23. The quantitative estimate of drug-likeness (QED) is 0.504. The van der Waals surface area contributed by atoms with Gasteiger partial charge in [0.25, 0.3) is 0 Å². The van der Waals surface area contributed by atoms with Gasteiger partial charge in [0.15, 0.2) is 5.82 Å². The van der Waals surface area contributed by atoms with Crippen LogP contribution in [0.3, 0.4) is 0 Å². The number of H-pyrrole nitrogens is 1. The largest absolute Gasteiger partial charge is 0.497 e.